The summed E-state index contributed by atoms with van der Waals surface area (Å²) >= 11 is 0. The van der Waals surface area contributed by atoms with Gasteiger partial charge in [-0.05, 0) is 30.2 Å². The highest BCUT2D eigenvalue weighted by Crippen LogP contribution is 2.13. The highest BCUT2D eigenvalue weighted by molar-refractivity contribution is 5.90. The molecule has 0 aliphatic rings. The smallest absolute Gasteiger partial charge is 0.407 e. The first kappa shape index (κ1) is 19.2. The third kappa shape index (κ3) is 6.05. The van der Waals surface area contributed by atoms with Gasteiger partial charge in [-0.15, -0.1) is 0 Å². The van der Waals surface area contributed by atoms with E-state index in [9.17, 15) is 14.0 Å². The molecule has 0 aliphatic heterocycles. The van der Waals surface area contributed by atoms with Gasteiger partial charge in [0.05, 0.1) is 12.2 Å². The van der Waals surface area contributed by atoms with Gasteiger partial charge in [-0.2, -0.15) is 0 Å². The molecule has 26 heavy (non-hydrogen) atoms. The average molecular weight is 357 g/mol. The van der Waals surface area contributed by atoms with Crippen LogP contribution in [0.25, 0.3) is 6.08 Å². The summed E-state index contributed by atoms with van der Waals surface area (Å²) in [5.74, 6) is -1.34. The predicted molar refractivity (Wildman–Crippen MR) is 96.0 cm³/mol. The van der Waals surface area contributed by atoms with Crippen molar-refractivity contribution in [2.24, 2.45) is 0 Å². The van der Waals surface area contributed by atoms with E-state index in [1.54, 1.807) is 19.1 Å². The number of halogens is 1. The van der Waals surface area contributed by atoms with Crippen molar-refractivity contribution in [1.82, 2.24) is 5.32 Å². The molecule has 0 spiro atoms. The monoisotopic (exact) mass is 357 g/mol. The van der Waals surface area contributed by atoms with Gasteiger partial charge in [0.25, 0.3) is 0 Å². The van der Waals surface area contributed by atoms with E-state index in [4.69, 9.17) is 9.47 Å². The van der Waals surface area contributed by atoms with E-state index in [2.05, 4.69) is 5.32 Å². The van der Waals surface area contributed by atoms with E-state index < -0.39 is 17.9 Å². The van der Waals surface area contributed by atoms with Crippen molar-refractivity contribution in [3.63, 3.8) is 0 Å². The minimum atomic E-state index is -0.706. The van der Waals surface area contributed by atoms with Gasteiger partial charge < -0.3 is 14.8 Å². The number of carbonyl (C=O) groups excluding carboxylic acids is 2. The zero-order valence-electron chi connectivity index (χ0n) is 14.4. The second kappa shape index (κ2) is 9.98. The molecule has 0 aliphatic carbocycles. The third-order valence-electron chi connectivity index (χ3n) is 3.37. The maximum Gasteiger partial charge on any atom is 0.407 e. The number of alkyl carbamates (subject to hydrolysis) is 1. The molecule has 0 heterocycles. The van der Waals surface area contributed by atoms with Crippen LogP contribution in [0.2, 0.25) is 0 Å². The Morgan fingerprint density at radius 1 is 1.12 bits per heavy atom. The number of hydrogen-bond acceptors (Lipinski definition) is 4. The van der Waals surface area contributed by atoms with E-state index in [-0.39, 0.29) is 25.3 Å². The maximum atomic E-state index is 13.7. The Morgan fingerprint density at radius 3 is 2.62 bits per heavy atom. The Kier molecular flexibility index (Phi) is 7.36. The fraction of sp³-hybridized carbons (Fsp3) is 0.200. The first-order valence-electron chi connectivity index (χ1n) is 8.18. The number of nitrogens with one attached hydrogen (secondary N) is 1. The molecule has 1 N–H and O–H groups in total. The van der Waals surface area contributed by atoms with Crippen molar-refractivity contribution in [3.05, 3.63) is 77.1 Å². The number of benzene rings is 2. The number of amides is 1. The van der Waals surface area contributed by atoms with Crippen molar-refractivity contribution in [1.29, 1.82) is 0 Å². The van der Waals surface area contributed by atoms with Crippen LogP contribution in [0.4, 0.5) is 9.18 Å². The molecule has 136 valence electrons. The fourth-order valence-electron chi connectivity index (χ4n) is 2.12. The van der Waals surface area contributed by atoms with E-state index in [0.29, 0.717) is 5.56 Å². The molecule has 2 rings (SSSR count). The Hall–Kier alpha value is -3.15. The Bertz CT molecular complexity index is 775. The van der Waals surface area contributed by atoms with Gasteiger partial charge in [0, 0.05) is 6.54 Å². The molecule has 0 bridgehead atoms. The van der Waals surface area contributed by atoms with Crippen LogP contribution in [0, 0.1) is 5.82 Å². The van der Waals surface area contributed by atoms with Gasteiger partial charge >= 0.3 is 12.1 Å². The number of esters is 1. The summed E-state index contributed by atoms with van der Waals surface area (Å²) in [6, 6.07) is 13.5. The van der Waals surface area contributed by atoms with Crippen LogP contribution in [-0.4, -0.2) is 25.2 Å². The number of carbonyl (C=O) groups is 2. The summed E-state index contributed by atoms with van der Waals surface area (Å²) in [6.45, 7) is 2.26. The standard InChI is InChI=1S/C20H20FNO4/c1-2-25-19(23)17-13-15(10-11-18(17)21)9-6-12-22-20(24)26-14-16-7-4-3-5-8-16/h3-11,13H,2,12,14H2,1H3,(H,22,24). The summed E-state index contributed by atoms with van der Waals surface area (Å²) in [6.07, 6.45) is 2.80. The van der Waals surface area contributed by atoms with Gasteiger partial charge in [-0.3, -0.25) is 0 Å². The van der Waals surface area contributed by atoms with Crippen LogP contribution in [-0.2, 0) is 16.1 Å². The molecule has 2 aromatic rings. The molecule has 0 atom stereocenters. The van der Waals surface area contributed by atoms with E-state index in [0.717, 1.165) is 5.56 Å². The van der Waals surface area contributed by atoms with Crippen LogP contribution < -0.4 is 5.32 Å². The Morgan fingerprint density at radius 2 is 1.88 bits per heavy atom. The zero-order valence-corrected chi connectivity index (χ0v) is 14.4. The molecule has 0 fully saturated rings. The van der Waals surface area contributed by atoms with Crippen molar-refractivity contribution in [2.75, 3.05) is 13.2 Å². The largest absolute Gasteiger partial charge is 0.462 e. The summed E-state index contributed by atoms with van der Waals surface area (Å²) in [7, 11) is 0. The minimum absolute atomic E-state index is 0.121. The first-order valence-corrected chi connectivity index (χ1v) is 8.18. The molecule has 0 saturated heterocycles. The minimum Gasteiger partial charge on any atom is -0.462 e. The summed E-state index contributed by atoms with van der Waals surface area (Å²) in [4.78, 5) is 23.3. The van der Waals surface area contributed by atoms with E-state index >= 15 is 0 Å². The van der Waals surface area contributed by atoms with Gasteiger partial charge in [-0.25, -0.2) is 14.0 Å². The average Bonchev–Trinajstić information content (AvgIpc) is 2.65. The lowest BCUT2D eigenvalue weighted by atomic mass is 10.1. The summed E-state index contributed by atoms with van der Waals surface area (Å²) < 4.78 is 23.6. The zero-order chi connectivity index (χ0) is 18.8. The van der Waals surface area contributed by atoms with Crippen LogP contribution >= 0.6 is 0 Å². The number of hydrogen-bond donors (Lipinski definition) is 1. The molecular formula is C20H20FNO4. The molecule has 0 saturated carbocycles. The van der Waals surface area contributed by atoms with E-state index in [1.165, 1.54) is 18.2 Å². The highest BCUT2D eigenvalue weighted by Gasteiger charge is 2.12. The number of ether oxygens (including phenoxy) is 2. The topological polar surface area (TPSA) is 64.6 Å². The maximum absolute atomic E-state index is 13.7. The lowest BCUT2D eigenvalue weighted by Gasteiger charge is -2.05. The summed E-state index contributed by atoms with van der Waals surface area (Å²) in [5, 5.41) is 2.58. The van der Waals surface area contributed by atoms with Crippen LogP contribution in [0.5, 0.6) is 0 Å². The molecule has 2 aromatic carbocycles. The third-order valence-corrected chi connectivity index (χ3v) is 3.37. The molecule has 0 aromatic heterocycles. The van der Waals surface area contributed by atoms with E-state index in [1.807, 2.05) is 30.3 Å². The molecule has 6 heteroatoms. The van der Waals surface area contributed by atoms with Crippen LogP contribution in [0.1, 0.15) is 28.4 Å². The Balaban J connectivity index is 1.81. The van der Waals surface area contributed by atoms with Gasteiger partial charge in [-0.1, -0.05) is 48.6 Å². The lowest BCUT2D eigenvalue weighted by Crippen LogP contribution is -2.24. The second-order valence-electron chi connectivity index (χ2n) is 5.30. The summed E-state index contributed by atoms with van der Waals surface area (Å²) in [5.41, 5.74) is 1.40. The van der Waals surface area contributed by atoms with Gasteiger partial charge in [0.15, 0.2) is 0 Å². The first-order chi connectivity index (χ1) is 12.6. The SMILES string of the molecule is CCOC(=O)c1cc(C=CCNC(=O)OCc2ccccc2)ccc1F. The quantitative estimate of drug-likeness (QED) is 0.762. The van der Waals surface area contributed by atoms with Gasteiger partial charge in [0.2, 0.25) is 0 Å². The Labute approximate surface area is 151 Å². The second-order valence-corrected chi connectivity index (χ2v) is 5.30. The predicted octanol–water partition coefficient (Wildman–Crippen LogP) is 3.94. The normalized spacial score (nSPS) is 10.5. The fourth-order valence-corrected chi connectivity index (χ4v) is 2.12. The van der Waals surface area contributed by atoms with Crippen LogP contribution in [0.3, 0.4) is 0 Å². The van der Waals surface area contributed by atoms with Gasteiger partial charge in [0.1, 0.15) is 12.4 Å². The lowest BCUT2D eigenvalue weighted by molar-refractivity contribution is 0.0521. The molecule has 0 radical (unpaired) electrons. The molecular weight excluding hydrogens is 337 g/mol. The van der Waals surface area contributed by atoms with Crippen molar-refractivity contribution in [3.8, 4) is 0 Å². The molecule has 5 nitrogen and oxygen atoms in total. The molecule has 1 amide bonds. The van der Waals surface area contributed by atoms with Crippen molar-refractivity contribution >= 4 is 18.1 Å². The number of rotatable bonds is 7. The van der Waals surface area contributed by atoms with Crippen molar-refractivity contribution in [2.45, 2.75) is 13.5 Å². The van der Waals surface area contributed by atoms with Crippen LogP contribution in [0.15, 0.2) is 54.6 Å². The highest BCUT2D eigenvalue weighted by atomic mass is 19.1. The molecule has 0 unspecified atom stereocenters. The van der Waals surface area contributed by atoms with Crippen molar-refractivity contribution < 1.29 is 23.5 Å².